The van der Waals surface area contributed by atoms with Crippen LogP contribution in [0.4, 0.5) is 35.2 Å². The number of aromatic nitrogens is 1. The number of hydrogen-bond donors (Lipinski definition) is 3. The fourth-order valence-electron chi connectivity index (χ4n) is 3.21. The highest BCUT2D eigenvalue weighted by Crippen LogP contribution is 2.34. The van der Waals surface area contributed by atoms with E-state index in [-0.39, 0.29) is 5.75 Å². The van der Waals surface area contributed by atoms with E-state index < -0.39 is 12.4 Å². The number of carbonyl (C=O) groups excluding carboxylic acids is 1. The second kappa shape index (κ2) is 8.14. The molecule has 0 unspecified atom stereocenters. The number of nitrogens with zero attached hydrogens (tertiary/aromatic N) is 1. The highest BCUT2D eigenvalue weighted by molar-refractivity contribution is 6.02. The van der Waals surface area contributed by atoms with Crippen LogP contribution in [0.1, 0.15) is 5.56 Å². The first-order valence-corrected chi connectivity index (χ1v) is 9.38. The molecule has 7 nitrogen and oxygen atoms in total. The second-order valence-electron chi connectivity index (χ2n) is 6.93. The summed E-state index contributed by atoms with van der Waals surface area (Å²) in [5.41, 5.74) is 10.0. The molecule has 0 aliphatic heterocycles. The summed E-state index contributed by atoms with van der Waals surface area (Å²) in [7, 11) is 0. The summed E-state index contributed by atoms with van der Waals surface area (Å²) < 4.78 is 45.7. The smallest absolute Gasteiger partial charge is 0.406 e. The molecule has 1 heterocycles. The van der Waals surface area contributed by atoms with E-state index in [1.54, 1.807) is 12.1 Å². The van der Waals surface area contributed by atoms with Crippen molar-refractivity contribution in [3.05, 3.63) is 66.2 Å². The first-order chi connectivity index (χ1) is 15.2. The normalized spacial score (nSPS) is 11.4. The number of nitrogens with two attached hydrogens (primary N) is 1. The zero-order chi connectivity index (χ0) is 22.9. The number of fused-ring (bicyclic) bond motifs is 1. The molecule has 3 aromatic carbocycles. The lowest BCUT2D eigenvalue weighted by Gasteiger charge is -2.11. The van der Waals surface area contributed by atoms with Crippen molar-refractivity contribution in [2.24, 2.45) is 0 Å². The maximum Gasteiger partial charge on any atom is 0.573 e. The number of ether oxygens (including phenoxy) is 1. The average molecular weight is 442 g/mol. The summed E-state index contributed by atoms with van der Waals surface area (Å²) in [5.74, 6) is -0.0790. The Hall–Kier alpha value is -4.21. The number of benzene rings is 3. The standard InChI is InChI=1S/C22H17F3N4O3/c1-12-2-11-17(18-19(12)32-29-20(18)26)13-3-5-14(6-4-13)27-21(30)28-15-7-9-16(10-8-15)31-22(23,24)25/h2-11H,1H3,(H2,26,29)(H2,27,28,30). The zero-order valence-corrected chi connectivity index (χ0v) is 16.7. The van der Waals surface area contributed by atoms with Gasteiger partial charge in [-0.1, -0.05) is 29.4 Å². The molecule has 0 saturated heterocycles. The number of urea groups is 1. The second-order valence-corrected chi connectivity index (χ2v) is 6.93. The summed E-state index contributed by atoms with van der Waals surface area (Å²) in [6.07, 6.45) is -4.78. The Kier molecular flexibility index (Phi) is 5.35. The van der Waals surface area contributed by atoms with Crippen molar-refractivity contribution in [2.45, 2.75) is 13.3 Å². The molecular formula is C22H17F3N4O3. The number of nitrogens with one attached hydrogen (secondary N) is 2. The lowest BCUT2D eigenvalue weighted by atomic mass is 9.99. The van der Waals surface area contributed by atoms with Crippen LogP contribution in [0.2, 0.25) is 0 Å². The Balaban J connectivity index is 1.44. The van der Waals surface area contributed by atoms with E-state index >= 15 is 0 Å². The highest BCUT2D eigenvalue weighted by atomic mass is 19.4. The molecule has 4 N–H and O–H groups in total. The van der Waals surface area contributed by atoms with Gasteiger partial charge in [-0.2, -0.15) is 0 Å². The van der Waals surface area contributed by atoms with Gasteiger partial charge in [0.05, 0.1) is 5.39 Å². The van der Waals surface area contributed by atoms with E-state index in [0.717, 1.165) is 34.2 Å². The van der Waals surface area contributed by atoms with Crippen molar-refractivity contribution in [2.75, 3.05) is 16.4 Å². The average Bonchev–Trinajstić information content (AvgIpc) is 3.12. The predicted octanol–water partition coefficient (Wildman–Crippen LogP) is 5.93. The van der Waals surface area contributed by atoms with Gasteiger partial charge in [0.15, 0.2) is 11.4 Å². The lowest BCUT2D eigenvalue weighted by molar-refractivity contribution is -0.274. The van der Waals surface area contributed by atoms with Gasteiger partial charge in [-0.25, -0.2) is 4.79 Å². The molecule has 0 spiro atoms. The van der Waals surface area contributed by atoms with Crippen LogP contribution in [0.5, 0.6) is 5.75 Å². The molecule has 10 heteroatoms. The van der Waals surface area contributed by atoms with Crippen LogP contribution in [0.25, 0.3) is 22.1 Å². The van der Waals surface area contributed by atoms with Gasteiger partial charge in [-0.3, -0.25) is 0 Å². The maximum atomic E-state index is 12.2. The molecular weight excluding hydrogens is 425 g/mol. The molecule has 1 aromatic heterocycles. The van der Waals surface area contributed by atoms with Gasteiger partial charge < -0.3 is 25.6 Å². The number of hydrogen-bond acceptors (Lipinski definition) is 5. The first kappa shape index (κ1) is 21.0. The number of aryl methyl sites for hydroxylation is 1. The SMILES string of the molecule is Cc1ccc(-c2ccc(NC(=O)Nc3ccc(OC(F)(F)F)cc3)cc2)c2c(N)noc12. The molecule has 0 aliphatic carbocycles. The van der Waals surface area contributed by atoms with Crippen LogP contribution in [0.3, 0.4) is 0 Å². The molecule has 0 saturated carbocycles. The molecule has 0 aliphatic rings. The number of halogens is 3. The van der Waals surface area contributed by atoms with E-state index in [2.05, 4.69) is 20.5 Å². The third-order valence-corrected chi connectivity index (χ3v) is 4.65. The van der Waals surface area contributed by atoms with Gasteiger partial charge in [0.1, 0.15) is 5.75 Å². The van der Waals surface area contributed by atoms with E-state index in [0.29, 0.717) is 22.8 Å². The van der Waals surface area contributed by atoms with E-state index in [9.17, 15) is 18.0 Å². The highest BCUT2D eigenvalue weighted by Gasteiger charge is 2.31. The topological polar surface area (TPSA) is 102 Å². The number of nitrogen functional groups attached to an aromatic ring is 1. The number of carbonyl (C=O) groups is 1. The van der Waals surface area contributed by atoms with Crippen LogP contribution < -0.4 is 21.1 Å². The largest absolute Gasteiger partial charge is 0.573 e. The molecule has 4 aromatic rings. The quantitative estimate of drug-likeness (QED) is 0.364. The van der Waals surface area contributed by atoms with Crippen LogP contribution in [-0.2, 0) is 0 Å². The third kappa shape index (κ3) is 4.59. The molecule has 0 radical (unpaired) electrons. The summed E-state index contributed by atoms with van der Waals surface area (Å²) in [5, 5.41) is 9.75. The van der Waals surface area contributed by atoms with Gasteiger partial charge in [0, 0.05) is 11.4 Å². The molecule has 0 fully saturated rings. The Labute approximate surface area is 179 Å². The monoisotopic (exact) mass is 442 g/mol. The molecule has 164 valence electrons. The van der Waals surface area contributed by atoms with E-state index in [4.69, 9.17) is 10.3 Å². The Morgan fingerprint density at radius 3 is 2.16 bits per heavy atom. The summed E-state index contributed by atoms with van der Waals surface area (Å²) in [6.45, 7) is 1.90. The van der Waals surface area contributed by atoms with Gasteiger partial charge in [0.2, 0.25) is 0 Å². The molecule has 2 amide bonds. The Morgan fingerprint density at radius 2 is 1.56 bits per heavy atom. The fraction of sp³-hybridized carbons (Fsp3) is 0.0909. The van der Waals surface area contributed by atoms with Crippen molar-refractivity contribution in [1.82, 2.24) is 5.16 Å². The molecule has 4 rings (SSSR count). The third-order valence-electron chi connectivity index (χ3n) is 4.65. The van der Waals surface area contributed by atoms with Crippen molar-refractivity contribution in [3.63, 3.8) is 0 Å². The lowest BCUT2D eigenvalue weighted by Crippen LogP contribution is -2.19. The van der Waals surface area contributed by atoms with Gasteiger partial charge >= 0.3 is 12.4 Å². The molecule has 0 bridgehead atoms. The first-order valence-electron chi connectivity index (χ1n) is 9.38. The van der Waals surface area contributed by atoms with E-state index in [1.807, 2.05) is 31.2 Å². The van der Waals surface area contributed by atoms with Crippen LogP contribution >= 0.6 is 0 Å². The number of amides is 2. The van der Waals surface area contributed by atoms with Gasteiger partial charge in [-0.15, -0.1) is 13.2 Å². The minimum Gasteiger partial charge on any atom is -0.406 e. The minimum absolute atomic E-state index is 0.298. The number of rotatable bonds is 4. The maximum absolute atomic E-state index is 12.2. The van der Waals surface area contributed by atoms with Crippen molar-refractivity contribution in [3.8, 4) is 16.9 Å². The Morgan fingerprint density at radius 1 is 0.969 bits per heavy atom. The summed E-state index contributed by atoms with van der Waals surface area (Å²) in [6, 6.07) is 15.2. The predicted molar refractivity (Wildman–Crippen MR) is 114 cm³/mol. The van der Waals surface area contributed by atoms with Crippen LogP contribution in [-0.4, -0.2) is 17.6 Å². The van der Waals surface area contributed by atoms with E-state index in [1.165, 1.54) is 12.1 Å². The molecule has 0 atom stereocenters. The Bertz CT molecular complexity index is 1270. The molecule has 32 heavy (non-hydrogen) atoms. The summed E-state index contributed by atoms with van der Waals surface area (Å²) >= 11 is 0. The summed E-state index contributed by atoms with van der Waals surface area (Å²) in [4.78, 5) is 12.2. The minimum atomic E-state index is -4.78. The van der Waals surface area contributed by atoms with Gasteiger partial charge in [-0.05, 0) is 60.0 Å². The fourth-order valence-corrected chi connectivity index (χ4v) is 3.21. The number of anilines is 3. The zero-order valence-electron chi connectivity index (χ0n) is 16.7. The van der Waals surface area contributed by atoms with Crippen LogP contribution in [0.15, 0.2) is 65.2 Å². The van der Waals surface area contributed by atoms with Crippen molar-refractivity contribution >= 4 is 34.2 Å². The van der Waals surface area contributed by atoms with Crippen molar-refractivity contribution in [1.29, 1.82) is 0 Å². The van der Waals surface area contributed by atoms with Crippen LogP contribution in [0, 0.1) is 6.92 Å². The van der Waals surface area contributed by atoms with Crippen molar-refractivity contribution < 1.29 is 27.2 Å². The number of alkyl halides is 3. The van der Waals surface area contributed by atoms with Gasteiger partial charge in [0.25, 0.3) is 0 Å².